The van der Waals surface area contributed by atoms with Gasteiger partial charge < -0.3 is 20.4 Å². The molecule has 0 aliphatic heterocycles. The van der Waals surface area contributed by atoms with E-state index in [9.17, 15) is 19.8 Å². The minimum absolute atomic E-state index is 0.220. The van der Waals surface area contributed by atoms with E-state index in [-0.39, 0.29) is 29.9 Å². The highest BCUT2D eigenvalue weighted by atomic mass is 16.4. The standard InChI is InChI=1S/C11H10O6/c12-5-1-7(14)9(8(15)2-5)11(10(16)17)3-6(13)4-11/h1-2,12,14-15H,3-4H2,(H,16,17). The van der Waals surface area contributed by atoms with Gasteiger partial charge in [0.05, 0.1) is 5.56 Å². The third-order valence-electron chi connectivity index (χ3n) is 2.97. The summed E-state index contributed by atoms with van der Waals surface area (Å²) in [5.41, 5.74) is -1.80. The number of phenols is 3. The van der Waals surface area contributed by atoms with Gasteiger partial charge in [0.1, 0.15) is 28.4 Å². The number of benzene rings is 1. The Kier molecular flexibility index (Phi) is 2.23. The van der Waals surface area contributed by atoms with Gasteiger partial charge in [-0.1, -0.05) is 0 Å². The number of carbonyl (C=O) groups excluding carboxylic acids is 1. The van der Waals surface area contributed by atoms with Crippen molar-refractivity contribution in [1.82, 2.24) is 0 Å². The van der Waals surface area contributed by atoms with Gasteiger partial charge >= 0.3 is 5.97 Å². The molecule has 4 N–H and O–H groups in total. The van der Waals surface area contributed by atoms with Gasteiger partial charge in [-0.2, -0.15) is 0 Å². The first-order valence-electron chi connectivity index (χ1n) is 4.87. The number of hydrogen-bond donors (Lipinski definition) is 4. The molecule has 6 nitrogen and oxygen atoms in total. The van der Waals surface area contributed by atoms with Gasteiger partial charge in [0.25, 0.3) is 0 Å². The van der Waals surface area contributed by atoms with Crippen LogP contribution in [0.15, 0.2) is 12.1 Å². The van der Waals surface area contributed by atoms with Crippen LogP contribution < -0.4 is 0 Å². The molecule has 0 unspecified atom stereocenters. The molecule has 0 atom stereocenters. The Labute approximate surface area is 95.8 Å². The molecule has 1 aromatic carbocycles. The number of phenolic OH excluding ortho intramolecular Hbond substituents is 3. The summed E-state index contributed by atoms with van der Waals surface area (Å²) in [5.74, 6) is -2.97. The van der Waals surface area contributed by atoms with Crippen LogP contribution in [0.4, 0.5) is 0 Å². The summed E-state index contributed by atoms with van der Waals surface area (Å²) in [6, 6.07) is 1.87. The number of hydrogen-bond acceptors (Lipinski definition) is 5. The molecule has 0 amide bonds. The molecule has 2 rings (SSSR count). The number of aliphatic carboxylic acids is 1. The highest BCUT2D eigenvalue weighted by Crippen LogP contribution is 2.49. The van der Waals surface area contributed by atoms with Gasteiger partial charge in [0.15, 0.2) is 0 Å². The molecular formula is C11H10O6. The lowest BCUT2D eigenvalue weighted by Gasteiger charge is -2.37. The number of aromatic hydroxyl groups is 3. The number of rotatable bonds is 2. The van der Waals surface area contributed by atoms with Crippen molar-refractivity contribution in [2.24, 2.45) is 0 Å². The van der Waals surface area contributed by atoms with Crippen molar-refractivity contribution in [2.75, 3.05) is 0 Å². The van der Waals surface area contributed by atoms with Crippen molar-refractivity contribution in [3.8, 4) is 17.2 Å². The van der Waals surface area contributed by atoms with E-state index in [1.807, 2.05) is 0 Å². The van der Waals surface area contributed by atoms with Crippen molar-refractivity contribution in [3.63, 3.8) is 0 Å². The smallest absolute Gasteiger partial charge is 0.315 e. The number of ketones is 1. The maximum absolute atomic E-state index is 11.2. The number of carboxylic acids is 1. The average Bonchev–Trinajstić information content (AvgIpc) is 2.12. The van der Waals surface area contributed by atoms with Crippen LogP contribution in [0.3, 0.4) is 0 Å². The number of Topliss-reactive ketones (excluding diaryl/α,β-unsaturated/α-hetero) is 1. The third-order valence-corrected chi connectivity index (χ3v) is 2.97. The van der Waals surface area contributed by atoms with E-state index in [1.165, 1.54) is 0 Å². The van der Waals surface area contributed by atoms with E-state index in [0.717, 1.165) is 12.1 Å². The van der Waals surface area contributed by atoms with Gasteiger partial charge in [-0.3, -0.25) is 9.59 Å². The first-order valence-corrected chi connectivity index (χ1v) is 4.87. The van der Waals surface area contributed by atoms with Crippen LogP contribution in [0.2, 0.25) is 0 Å². The SMILES string of the molecule is O=C1CC(C(=O)O)(c2c(O)cc(O)cc2O)C1. The van der Waals surface area contributed by atoms with Crippen LogP contribution >= 0.6 is 0 Å². The van der Waals surface area contributed by atoms with Crippen molar-refractivity contribution >= 4 is 11.8 Å². The molecule has 1 aliphatic rings. The highest BCUT2D eigenvalue weighted by Gasteiger charge is 2.54. The second kappa shape index (κ2) is 3.38. The summed E-state index contributed by atoms with van der Waals surface area (Å²) in [5, 5.41) is 37.5. The zero-order valence-electron chi connectivity index (χ0n) is 8.67. The fraction of sp³-hybridized carbons (Fsp3) is 0.273. The largest absolute Gasteiger partial charge is 0.508 e. The number of carboxylic acid groups (broad SMARTS) is 1. The molecule has 0 radical (unpaired) electrons. The number of carbonyl (C=O) groups is 2. The monoisotopic (exact) mass is 238 g/mol. The Morgan fingerprint density at radius 3 is 1.94 bits per heavy atom. The van der Waals surface area contributed by atoms with E-state index in [1.54, 1.807) is 0 Å². The van der Waals surface area contributed by atoms with Crippen LogP contribution in [0, 0.1) is 0 Å². The van der Waals surface area contributed by atoms with Gasteiger partial charge in [-0.05, 0) is 0 Å². The van der Waals surface area contributed by atoms with Crippen LogP contribution in [-0.2, 0) is 15.0 Å². The highest BCUT2D eigenvalue weighted by molar-refractivity contribution is 6.02. The zero-order valence-corrected chi connectivity index (χ0v) is 8.67. The molecule has 6 heteroatoms. The molecule has 0 heterocycles. The Bertz CT molecular complexity index is 488. The average molecular weight is 238 g/mol. The summed E-state index contributed by atoms with van der Waals surface area (Å²) < 4.78 is 0. The van der Waals surface area contributed by atoms with Gasteiger partial charge in [-0.15, -0.1) is 0 Å². The van der Waals surface area contributed by atoms with E-state index in [2.05, 4.69) is 0 Å². The van der Waals surface area contributed by atoms with E-state index in [0.29, 0.717) is 0 Å². The lowest BCUT2D eigenvalue weighted by atomic mass is 9.63. The summed E-state index contributed by atoms with van der Waals surface area (Å²) in [6.07, 6.45) is -0.539. The Morgan fingerprint density at radius 2 is 1.59 bits per heavy atom. The molecule has 1 fully saturated rings. The fourth-order valence-electron chi connectivity index (χ4n) is 2.14. The third kappa shape index (κ3) is 1.49. The molecule has 17 heavy (non-hydrogen) atoms. The molecule has 0 bridgehead atoms. The quantitative estimate of drug-likeness (QED) is 0.596. The van der Waals surface area contributed by atoms with Crippen LogP contribution in [-0.4, -0.2) is 32.2 Å². The Hall–Kier alpha value is -2.24. The first-order chi connectivity index (χ1) is 7.86. The van der Waals surface area contributed by atoms with Crippen LogP contribution in [0.5, 0.6) is 17.2 Å². The minimum atomic E-state index is -1.58. The predicted molar refractivity (Wildman–Crippen MR) is 55.0 cm³/mol. The van der Waals surface area contributed by atoms with Crippen molar-refractivity contribution < 1.29 is 30.0 Å². The summed E-state index contributed by atoms with van der Waals surface area (Å²) >= 11 is 0. The summed E-state index contributed by atoms with van der Waals surface area (Å²) in [6.45, 7) is 0. The van der Waals surface area contributed by atoms with Crippen LogP contribution in [0.1, 0.15) is 18.4 Å². The molecule has 0 saturated heterocycles. The molecule has 90 valence electrons. The van der Waals surface area contributed by atoms with Crippen molar-refractivity contribution in [2.45, 2.75) is 18.3 Å². The van der Waals surface area contributed by atoms with Gasteiger partial charge in [-0.25, -0.2) is 0 Å². The van der Waals surface area contributed by atoms with Crippen LogP contribution in [0.25, 0.3) is 0 Å². The zero-order chi connectivity index (χ0) is 12.8. The second-order valence-electron chi connectivity index (χ2n) is 4.14. The molecule has 1 aromatic rings. The second-order valence-corrected chi connectivity index (χ2v) is 4.14. The molecule has 1 saturated carbocycles. The Balaban J connectivity index is 2.60. The molecular weight excluding hydrogens is 228 g/mol. The lowest BCUT2D eigenvalue weighted by molar-refractivity contribution is -0.153. The maximum Gasteiger partial charge on any atom is 0.315 e. The van der Waals surface area contributed by atoms with Gasteiger partial charge in [0.2, 0.25) is 0 Å². The topological polar surface area (TPSA) is 115 Å². The van der Waals surface area contributed by atoms with E-state index >= 15 is 0 Å². The summed E-state index contributed by atoms with van der Waals surface area (Å²) in [4.78, 5) is 22.2. The summed E-state index contributed by atoms with van der Waals surface area (Å²) in [7, 11) is 0. The molecule has 0 aromatic heterocycles. The minimum Gasteiger partial charge on any atom is -0.508 e. The first kappa shape index (κ1) is 11.3. The lowest BCUT2D eigenvalue weighted by Crippen LogP contribution is -2.48. The van der Waals surface area contributed by atoms with Crippen molar-refractivity contribution in [3.05, 3.63) is 17.7 Å². The van der Waals surface area contributed by atoms with Crippen molar-refractivity contribution in [1.29, 1.82) is 0 Å². The maximum atomic E-state index is 11.2. The fourth-order valence-corrected chi connectivity index (χ4v) is 2.14. The van der Waals surface area contributed by atoms with Gasteiger partial charge in [0, 0.05) is 25.0 Å². The normalized spacial score (nSPS) is 17.5. The Morgan fingerprint density at radius 1 is 1.12 bits per heavy atom. The molecule has 0 spiro atoms. The van der Waals surface area contributed by atoms with E-state index < -0.39 is 22.9 Å². The van der Waals surface area contributed by atoms with E-state index in [4.69, 9.17) is 10.2 Å². The molecule has 1 aliphatic carbocycles. The predicted octanol–water partition coefficient (Wildman–Crippen LogP) is 0.489.